The first-order valence-corrected chi connectivity index (χ1v) is 3.04. The minimum Gasteiger partial charge on any atom is -0.422 e. The van der Waals surface area contributed by atoms with Crippen molar-refractivity contribution in [2.75, 3.05) is 0 Å². The maximum absolute atomic E-state index is 8.61. The predicted molar refractivity (Wildman–Crippen MR) is 38.0 cm³/mol. The van der Waals surface area contributed by atoms with E-state index in [1.54, 1.807) is 7.05 Å². The molecule has 10 heavy (non-hydrogen) atoms. The molecule has 6 heteroatoms. The van der Waals surface area contributed by atoms with Crippen LogP contribution < -0.4 is 5.59 Å². The molecule has 1 aromatic heterocycles. The van der Waals surface area contributed by atoms with Gasteiger partial charge in [-0.1, -0.05) is 11.6 Å². The quantitative estimate of drug-likeness (QED) is 0.505. The smallest absolute Gasteiger partial charge is 0.422 e. The van der Waals surface area contributed by atoms with Gasteiger partial charge < -0.3 is 10.0 Å². The van der Waals surface area contributed by atoms with Crippen LogP contribution in [0.5, 0.6) is 0 Å². The van der Waals surface area contributed by atoms with E-state index >= 15 is 0 Å². The average Bonchev–Trinajstić information content (AvgIpc) is 2.10. The first-order chi connectivity index (χ1) is 4.61. The molecule has 2 N–H and O–H groups in total. The molecule has 0 saturated heterocycles. The first-order valence-electron chi connectivity index (χ1n) is 2.66. The van der Waals surface area contributed by atoms with Crippen LogP contribution in [0.4, 0.5) is 0 Å². The van der Waals surface area contributed by atoms with Crippen LogP contribution in [0.3, 0.4) is 0 Å². The van der Waals surface area contributed by atoms with Gasteiger partial charge in [-0.2, -0.15) is 5.10 Å². The van der Waals surface area contributed by atoms with Gasteiger partial charge in [0.15, 0.2) is 0 Å². The third kappa shape index (κ3) is 1.31. The van der Waals surface area contributed by atoms with Crippen LogP contribution in [0.2, 0.25) is 5.02 Å². The Labute approximate surface area is 63.2 Å². The van der Waals surface area contributed by atoms with Crippen LogP contribution in [0.15, 0.2) is 6.20 Å². The molecule has 0 aliphatic carbocycles. The molecule has 0 aliphatic heterocycles. The summed E-state index contributed by atoms with van der Waals surface area (Å²) in [5.74, 6) is 0. The Hall–Kier alpha value is -0.515. The van der Waals surface area contributed by atoms with Crippen molar-refractivity contribution in [1.29, 1.82) is 0 Å². The molecular weight excluding hydrogens is 154 g/mol. The minimum absolute atomic E-state index is 0.0872. The third-order valence-corrected chi connectivity index (χ3v) is 1.35. The standard InChI is InChI=1S/C4H6BClN2O2/c1-8-2-3(6)4(7-8)5(9)10/h2,9-10H,1H3. The van der Waals surface area contributed by atoms with E-state index in [1.165, 1.54) is 10.9 Å². The summed E-state index contributed by atoms with van der Waals surface area (Å²) in [6, 6.07) is 0. The van der Waals surface area contributed by atoms with Crippen molar-refractivity contribution < 1.29 is 10.0 Å². The largest absolute Gasteiger partial charge is 0.511 e. The number of halogens is 1. The molecule has 0 unspecified atom stereocenters. The van der Waals surface area contributed by atoms with Crippen LogP contribution in [0.25, 0.3) is 0 Å². The van der Waals surface area contributed by atoms with E-state index in [0.717, 1.165) is 0 Å². The van der Waals surface area contributed by atoms with Crippen LogP contribution >= 0.6 is 11.6 Å². The molecule has 0 radical (unpaired) electrons. The van der Waals surface area contributed by atoms with E-state index in [9.17, 15) is 0 Å². The van der Waals surface area contributed by atoms with Crippen LogP contribution in [0, 0.1) is 0 Å². The van der Waals surface area contributed by atoms with Gasteiger partial charge in [0.05, 0.1) is 5.02 Å². The normalized spacial score (nSPS) is 10.0. The third-order valence-electron chi connectivity index (χ3n) is 1.05. The molecule has 0 fully saturated rings. The molecule has 1 aromatic rings. The van der Waals surface area contributed by atoms with Gasteiger partial charge in [0.25, 0.3) is 0 Å². The second kappa shape index (κ2) is 2.61. The van der Waals surface area contributed by atoms with Gasteiger partial charge in [-0.15, -0.1) is 0 Å². The second-order valence-corrected chi connectivity index (χ2v) is 2.32. The number of nitrogens with zero attached hydrogens (tertiary/aromatic N) is 2. The Morgan fingerprint density at radius 3 is 2.50 bits per heavy atom. The summed E-state index contributed by atoms with van der Waals surface area (Å²) in [6.07, 6.45) is 1.50. The van der Waals surface area contributed by atoms with E-state index in [0.29, 0.717) is 0 Å². The second-order valence-electron chi connectivity index (χ2n) is 1.91. The molecule has 0 bridgehead atoms. The fourth-order valence-electron chi connectivity index (χ4n) is 0.652. The highest BCUT2D eigenvalue weighted by Gasteiger charge is 2.18. The molecule has 1 heterocycles. The van der Waals surface area contributed by atoms with Crippen molar-refractivity contribution in [1.82, 2.24) is 9.78 Å². The predicted octanol–water partition coefficient (Wildman–Crippen LogP) is -1.25. The van der Waals surface area contributed by atoms with Crippen molar-refractivity contribution in [3.05, 3.63) is 11.2 Å². The Morgan fingerprint density at radius 1 is 1.70 bits per heavy atom. The van der Waals surface area contributed by atoms with Gasteiger partial charge in [-0.05, 0) is 0 Å². The topological polar surface area (TPSA) is 58.3 Å². The lowest BCUT2D eigenvalue weighted by Gasteiger charge is -1.90. The monoisotopic (exact) mass is 160 g/mol. The molecular formula is C4H6BClN2O2. The molecule has 0 saturated carbocycles. The molecule has 4 nitrogen and oxygen atoms in total. The number of hydrogen-bond donors (Lipinski definition) is 2. The van der Waals surface area contributed by atoms with Crippen LogP contribution in [0.1, 0.15) is 0 Å². The first kappa shape index (κ1) is 7.59. The lowest BCUT2D eigenvalue weighted by molar-refractivity contribution is 0.423. The van der Waals surface area contributed by atoms with E-state index in [-0.39, 0.29) is 10.6 Å². The number of aryl methyl sites for hydroxylation is 1. The van der Waals surface area contributed by atoms with Crippen molar-refractivity contribution in [2.24, 2.45) is 7.05 Å². The van der Waals surface area contributed by atoms with Crippen molar-refractivity contribution in [3.63, 3.8) is 0 Å². The molecule has 0 aromatic carbocycles. The summed E-state index contributed by atoms with van der Waals surface area (Å²) in [5, 5.41) is 21.2. The van der Waals surface area contributed by atoms with E-state index < -0.39 is 7.12 Å². The van der Waals surface area contributed by atoms with E-state index in [1.807, 2.05) is 0 Å². The lowest BCUT2D eigenvalue weighted by atomic mass is 9.87. The highest BCUT2D eigenvalue weighted by atomic mass is 35.5. The summed E-state index contributed by atoms with van der Waals surface area (Å²) in [5.41, 5.74) is 0.0872. The molecule has 54 valence electrons. The highest BCUT2D eigenvalue weighted by Crippen LogP contribution is 2.01. The summed E-state index contributed by atoms with van der Waals surface area (Å²) in [7, 11) is 0.0614. The fourth-order valence-corrected chi connectivity index (χ4v) is 0.928. The van der Waals surface area contributed by atoms with Crippen molar-refractivity contribution >= 4 is 24.3 Å². The van der Waals surface area contributed by atoms with Gasteiger partial charge in [-0.3, -0.25) is 4.68 Å². The van der Waals surface area contributed by atoms with Gasteiger partial charge >= 0.3 is 7.12 Å². The Kier molecular flexibility index (Phi) is 1.98. The number of aromatic nitrogens is 2. The van der Waals surface area contributed by atoms with Gasteiger partial charge in [0.1, 0.15) is 5.59 Å². The van der Waals surface area contributed by atoms with Gasteiger partial charge in [0.2, 0.25) is 0 Å². The molecule has 0 atom stereocenters. The Morgan fingerprint density at radius 2 is 2.30 bits per heavy atom. The van der Waals surface area contributed by atoms with E-state index in [2.05, 4.69) is 5.10 Å². The number of hydrogen-bond acceptors (Lipinski definition) is 3. The van der Waals surface area contributed by atoms with Gasteiger partial charge in [-0.25, -0.2) is 0 Å². The summed E-state index contributed by atoms with van der Waals surface area (Å²) < 4.78 is 1.41. The zero-order valence-corrected chi connectivity index (χ0v) is 6.08. The summed E-state index contributed by atoms with van der Waals surface area (Å²) >= 11 is 5.54. The Balaban J connectivity index is 3.03. The lowest BCUT2D eigenvalue weighted by Crippen LogP contribution is -2.32. The average molecular weight is 160 g/mol. The minimum atomic E-state index is -1.59. The summed E-state index contributed by atoms with van der Waals surface area (Å²) in [4.78, 5) is 0. The zero-order valence-electron chi connectivity index (χ0n) is 5.32. The van der Waals surface area contributed by atoms with E-state index in [4.69, 9.17) is 21.6 Å². The maximum atomic E-state index is 8.61. The molecule has 0 aliphatic rings. The van der Waals surface area contributed by atoms with Gasteiger partial charge in [0, 0.05) is 13.2 Å². The Bertz CT molecular complexity index is 237. The molecule has 0 spiro atoms. The molecule has 0 amide bonds. The van der Waals surface area contributed by atoms with Crippen molar-refractivity contribution in [2.45, 2.75) is 0 Å². The summed E-state index contributed by atoms with van der Waals surface area (Å²) in [6.45, 7) is 0. The zero-order chi connectivity index (χ0) is 7.72. The van der Waals surface area contributed by atoms with Crippen LogP contribution in [-0.4, -0.2) is 26.9 Å². The highest BCUT2D eigenvalue weighted by molar-refractivity contribution is 6.61. The fraction of sp³-hybridized carbons (Fsp3) is 0.250. The van der Waals surface area contributed by atoms with Crippen molar-refractivity contribution in [3.8, 4) is 0 Å². The number of rotatable bonds is 1. The maximum Gasteiger partial charge on any atom is 0.511 e. The van der Waals surface area contributed by atoms with Crippen LogP contribution in [-0.2, 0) is 7.05 Å². The molecule has 1 rings (SSSR count). The SMILES string of the molecule is Cn1cc(Cl)c(B(O)O)n1.